The number of nitrogens with two attached hydrogens (primary N) is 2. The fraction of sp³-hybridized carbons (Fsp3) is 0.0833. The maximum Gasteiger partial charge on any atom is 2.00 e. The van der Waals surface area contributed by atoms with Crippen molar-refractivity contribution in [2.24, 2.45) is 0 Å². The molecule has 2 aromatic heterocycles. The van der Waals surface area contributed by atoms with Gasteiger partial charge in [-0.25, -0.2) is 19.9 Å². The molecule has 0 unspecified atom stereocenters. The van der Waals surface area contributed by atoms with Crippen LogP contribution in [0.1, 0.15) is 41.4 Å². The van der Waals surface area contributed by atoms with E-state index in [-0.39, 0.29) is 80.7 Å². The summed E-state index contributed by atoms with van der Waals surface area (Å²) in [5.41, 5.74) is 10.5. The van der Waals surface area contributed by atoms with Gasteiger partial charge in [-0.15, -0.1) is 0 Å². The molecule has 0 saturated carbocycles. The van der Waals surface area contributed by atoms with Gasteiger partial charge in [-0.05, 0) is 59.5 Å². The maximum atomic E-state index is 11.8. The van der Waals surface area contributed by atoms with Crippen LogP contribution in [0.2, 0.25) is 0 Å². The molecule has 0 aliphatic heterocycles. The second-order valence-corrected chi connectivity index (χ2v) is 13.2. The van der Waals surface area contributed by atoms with Crippen molar-refractivity contribution in [2.75, 3.05) is 11.5 Å². The molecule has 0 saturated heterocycles. The molecule has 6 rings (SSSR count). The Morgan fingerprint density at radius 2 is 0.487 bits per heavy atom. The van der Waals surface area contributed by atoms with Crippen LogP contribution in [0.25, 0.3) is 0 Å². The fourth-order valence-corrected chi connectivity index (χ4v) is 4.17. The summed E-state index contributed by atoms with van der Waals surface area (Å²) >= 11 is 0. The van der Waals surface area contributed by atoms with Gasteiger partial charge in [-0.2, -0.15) is 52.7 Å². The predicted octanol–water partition coefficient (Wildman–Crippen LogP) is 6.82. The predicted molar refractivity (Wildman–Crippen MR) is 233 cm³/mol. The van der Waals surface area contributed by atoms with E-state index in [9.17, 15) is 92.3 Å². The third-order valence-electron chi connectivity index (χ3n) is 7.57. The van der Waals surface area contributed by atoms with Gasteiger partial charge in [0.05, 0.1) is 0 Å². The minimum absolute atomic E-state index is 0. The number of benzene rings is 4. The van der Waals surface area contributed by atoms with Gasteiger partial charge in [0, 0.05) is 47.0 Å². The summed E-state index contributed by atoms with van der Waals surface area (Å²) in [4.78, 5) is 59.1. The maximum absolute atomic E-state index is 11.8. The molecule has 0 atom stereocenters. The molecule has 0 aliphatic rings. The summed E-state index contributed by atoms with van der Waals surface area (Å²) in [6.07, 6.45) is -13.4. The molecule has 0 bridgehead atoms. The van der Waals surface area contributed by atoms with Gasteiger partial charge >= 0.3 is 58.8 Å². The second kappa shape index (κ2) is 34.2. The molecule has 0 amide bonds. The molecule has 410 valence electrons. The van der Waals surface area contributed by atoms with Crippen molar-refractivity contribution in [1.29, 1.82) is 0 Å². The van der Waals surface area contributed by atoms with E-state index in [0.29, 0.717) is 11.9 Å². The number of hydrogen-bond donors (Lipinski definition) is 2. The molecular formula is C48H34Cu2F12N6O8. The molecule has 2 heterocycles. The number of aromatic nitrogens is 4. The number of carbonyl (C=O) groups is 4. The van der Waals surface area contributed by atoms with E-state index in [0.717, 1.165) is 0 Å². The third kappa shape index (κ3) is 30.0. The van der Waals surface area contributed by atoms with Crippen LogP contribution < -0.4 is 31.9 Å². The summed E-state index contributed by atoms with van der Waals surface area (Å²) in [5.74, 6) is -11.7. The Bertz CT molecular complexity index is 2450. The molecule has 0 fully saturated rings. The van der Waals surface area contributed by atoms with E-state index in [1.807, 2.05) is 0 Å². The van der Waals surface area contributed by atoms with Crippen LogP contribution >= 0.6 is 0 Å². The fourth-order valence-electron chi connectivity index (χ4n) is 4.17. The average molecular weight is 1180 g/mol. The Balaban J connectivity index is 0. The van der Waals surface area contributed by atoms with Crippen LogP contribution in [0, 0.1) is 0 Å². The van der Waals surface area contributed by atoms with Crippen molar-refractivity contribution in [2.45, 2.75) is 24.7 Å². The molecule has 2 radical (unpaired) electrons. The molecule has 0 aliphatic carbocycles. The number of hydrogen-bond acceptors (Lipinski definition) is 14. The van der Waals surface area contributed by atoms with E-state index in [4.69, 9.17) is 11.5 Å². The summed E-state index contributed by atoms with van der Waals surface area (Å²) in [6.45, 7) is 0. The Labute approximate surface area is 443 Å². The Hall–Kier alpha value is -8.32. The number of ketones is 4. The average Bonchev–Trinajstić information content (AvgIpc) is 3.35. The molecule has 14 nitrogen and oxygen atoms in total. The van der Waals surface area contributed by atoms with Gasteiger partial charge in [0.25, 0.3) is 0 Å². The minimum atomic E-state index is -5.00. The zero-order valence-corrected chi connectivity index (χ0v) is 39.6. The van der Waals surface area contributed by atoms with Crippen molar-refractivity contribution in [3.8, 4) is 0 Å². The van der Waals surface area contributed by atoms with Crippen LogP contribution in [-0.4, -0.2) is 67.8 Å². The molecule has 4 aromatic carbocycles. The van der Waals surface area contributed by atoms with E-state index in [1.54, 1.807) is 61.2 Å². The summed E-state index contributed by atoms with van der Waals surface area (Å²) < 4.78 is 142. The van der Waals surface area contributed by atoms with E-state index >= 15 is 0 Å². The monoisotopic (exact) mass is 1180 g/mol. The van der Waals surface area contributed by atoms with Gasteiger partial charge in [-0.3, -0.25) is 19.2 Å². The van der Waals surface area contributed by atoms with Gasteiger partial charge in [0.2, 0.25) is 11.9 Å². The molecule has 76 heavy (non-hydrogen) atoms. The van der Waals surface area contributed by atoms with Crippen molar-refractivity contribution in [1.82, 2.24) is 19.9 Å². The second-order valence-electron chi connectivity index (χ2n) is 13.2. The smallest absolute Gasteiger partial charge is 0.869 e. The van der Waals surface area contributed by atoms with E-state index < -0.39 is 70.9 Å². The quantitative estimate of drug-likeness (QED) is 0.0521. The van der Waals surface area contributed by atoms with Crippen LogP contribution in [0.15, 0.2) is 206 Å². The Kier molecular flexibility index (Phi) is 31.4. The van der Waals surface area contributed by atoms with Crippen molar-refractivity contribution in [3.63, 3.8) is 0 Å². The number of halogens is 12. The topological polar surface area (TPSA) is 264 Å². The first-order valence-corrected chi connectivity index (χ1v) is 19.7. The number of alkyl halides is 12. The summed E-state index contributed by atoms with van der Waals surface area (Å²) in [6, 6.07) is 32.6. The van der Waals surface area contributed by atoms with Gasteiger partial charge in [0.15, 0.2) is 23.1 Å². The van der Waals surface area contributed by atoms with Crippen LogP contribution in [0.4, 0.5) is 64.6 Å². The number of allylic oxidation sites excluding steroid dienone is 8. The van der Waals surface area contributed by atoms with E-state index in [1.165, 1.54) is 97.1 Å². The molecule has 28 heteroatoms. The molecule has 6 aromatic rings. The Morgan fingerprint density at radius 1 is 0.329 bits per heavy atom. The van der Waals surface area contributed by atoms with Gasteiger partial charge in [0.1, 0.15) is 0 Å². The van der Waals surface area contributed by atoms with Crippen LogP contribution in [0.3, 0.4) is 0 Å². The number of rotatable bonds is 8. The standard InChI is InChI=1S/4C10H7F3O2.2C4H5N3.2Cu/c4*11-10(12,13)9(15)6-8(14)7-4-2-1-3-5-7;2*5-4-6-2-1-3-7-4;;/h4*1-6,15H;2*1-3H,(H2,5,6,7);;/q;;;;;;2*+2/p-4/b4*9-6-;;;;. The number of nitrogen functional groups attached to an aromatic ring is 2. The normalized spacial score (nSPS) is 11.5. The first-order valence-electron chi connectivity index (χ1n) is 19.7. The minimum Gasteiger partial charge on any atom is -0.869 e. The van der Waals surface area contributed by atoms with Crippen molar-refractivity contribution in [3.05, 3.63) is 228 Å². The van der Waals surface area contributed by atoms with Crippen molar-refractivity contribution < 1.29 is 126 Å². The molecular weight excluding hydrogens is 1140 g/mol. The summed E-state index contributed by atoms with van der Waals surface area (Å²) in [5, 5.41) is 41.8. The van der Waals surface area contributed by atoms with Gasteiger partial charge in [-0.1, -0.05) is 121 Å². The molecule has 4 N–H and O–H groups in total. The number of nitrogens with zero attached hydrogens (tertiary/aromatic N) is 4. The summed E-state index contributed by atoms with van der Waals surface area (Å²) in [7, 11) is 0. The first-order chi connectivity index (χ1) is 34.4. The zero-order valence-electron chi connectivity index (χ0n) is 37.7. The van der Waals surface area contributed by atoms with Crippen LogP contribution in [-0.2, 0) is 34.1 Å². The SMILES string of the molecule is Nc1ncccn1.Nc1ncccn1.O=C(/C=C(\[O-])C(F)(F)F)c1ccccc1.O=C(/C=C(\[O-])C(F)(F)F)c1ccccc1.O=C(/C=C(\[O-])C(F)(F)F)c1ccccc1.O=C(/C=C(\[O-])C(F)(F)F)c1ccccc1.[Cu+2].[Cu+2]. The van der Waals surface area contributed by atoms with Crippen molar-refractivity contribution >= 4 is 35.0 Å². The Morgan fingerprint density at radius 3 is 0.605 bits per heavy atom. The largest absolute Gasteiger partial charge is 2.00 e. The number of anilines is 2. The van der Waals surface area contributed by atoms with E-state index in [2.05, 4.69) is 19.9 Å². The van der Waals surface area contributed by atoms with Crippen LogP contribution in [0.5, 0.6) is 0 Å². The third-order valence-corrected chi connectivity index (χ3v) is 7.57. The molecule has 0 spiro atoms. The zero-order chi connectivity index (χ0) is 56.1. The number of carbonyl (C=O) groups excluding carboxylic acids is 4. The van der Waals surface area contributed by atoms with Gasteiger partial charge < -0.3 is 31.9 Å². The first kappa shape index (κ1) is 69.8.